The van der Waals surface area contributed by atoms with Crippen molar-refractivity contribution in [2.75, 3.05) is 7.11 Å². The molecule has 0 spiro atoms. The van der Waals surface area contributed by atoms with Crippen LogP contribution in [0, 0.1) is 0 Å². The van der Waals surface area contributed by atoms with Crippen LogP contribution in [0.4, 0.5) is 0 Å². The van der Waals surface area contributed by atoms with Gasteiger partial charge in [-0.15, -0.1) is 0 Å². The minimum atomic E-state index is -1.11. The average Bonchev–Trinajstić information content (AvgIpc) is 2.75. The number of aromatic nitrogens is 2. The molecule has 7 heteroatoms. The van der Waals surface area contributed by atoms with Gasteiger partial charge in [-0.2, -0.15) is 5.10 Å². The van der Waals surface area contributed by atoms with Crippen molar-refractivity contribution in [3.63, 3.8) is 0 Å². The Labute approximate surface area is 117 Å². The number of phenols is 1. The maximum Gasteiger partial charge on any atom is 0.356 e. The van der Waals surface area contributed by atoms with Crippen molar-refractivity contribution in [3.05, 3.63) is 28.4 Å². The van der Waals surface area contributed by atoms with Gasteiger partial charge in [-0.1, -0.05) is 0 Å². The predicted octanol–water partition coefficient (Wildman–Crippen LogP) is 2.26. The summed E-state index contributed by atoms with van der Waals surface area (Å²) in [4.78, 5) is 10.9. The second-order valence-electron chi connectivity index (χ2n) is 3.82. The van der Waals surface area contributed by atoms with Crippen LogP contribution >= 0.6 is 15.9 Å². The lowest BCUT2D eigenvalue weighted by Crippen LogP contribution is -1.99. The summed E-state index contributed by atoms with van der Waals surface area (Å²) in [7, 11) is 3.06. The molecule has 0 saturated carbocycles. The summed E-state index contributed by atoms with van der Waals surface area (Å²) in [5.41, 5.74) is 1.03. The normalized spacial score (nSPS) is 10.5. The quantitative estimate of drug-likeness (QED) is 0.903. The Balaban J connectivity index is 2.65. The topological polar surface area (TPSA) is 84.6 Å². The highest BCUT2D eigenvalue weighted by molar-refractivity contribution is 9.10. The van der Waals surface area contributed by atoms with Gasteiger partial charge in [0.1, 0.15) is 0 Å². The third-order valence-electron chi connectivity index (χ3n) is 2.66. The molecule has 0 unspecified atom stereocenters. The highest BCUT2D eigenvalue weighted by atomic mass is 79.9. The molecule has 1 aromatic heterocycles. The molecule has 6 nitrogen and oxygen atoms in total. The summed E-state index contributed by atoms with van der Waals surface area (Å²) in [5, 5.41) is 22.7. The highest BCUT2D eigenvalue weighted by Crippen LogP contribution is 2.41. The van der Waals surface area contributed by atoms with E-state index in [1.165, 1.54) is 17.9 Å². The zero-order valence-electron chi connectivity index (χ0n) is 10.2. The molecule has 0 fully saturated rings. The van der Waals surface area contributed by atoms with Gasteiger partial charge in [0, 0.05) is 12.6 Å². The number of carbonyl (C=O) groups is 1. The van der Waals surface area contributed by atoms with Gasteiger partial charge in [0.25, 0.3) is 0 Å². The number of hydrogen-bond acceptors (Lipinski definition) is 4. The third kappa shape index (κ3) is 2.28. The van der Waals surface area contributed by atoms with Gasteiger partial charge in [0.15, 0.2) is 17.2 Å². The summed E-state index contributed by atoms with van der Waals surface area (Å²) in [5.74, 6) is -0.894. The molecule has 0 atom stereocenters. The smallest absolute Gasteiger partial charge is 0.356 e. The van der Waals surface area contributed by atoms with Gasteiger partial charge in [-0.3, -0.25) is 4.68 Å². The number of aryl methyl sites for hydroxylation is 1. The first-order chi connectivity index (χ1) is 8.95. The van der Waals surface area contributed by atoms with Crippen LogP contribution in [0.3, 0.4) is 0 Å². The third-order valence-corrected chi connectivity index (χ3v) is 3.30. The number of phenolic OH excluding ortho intramolecular Hbond substituents is 1. The monoisotopic (exact) mass is 326 g/mol. The molecule has 2 rings (SSSR count). The summed E-state index contributed by atoms with van der Waals surface area (Å²) < 4.78 is 7.09. The van der Waals surface area contributed by atoms with Crippen LogP contribution in [-0.2, 0) is 7.05 Å². The maximum atomic E-state index is 10.9. The van der Waals surface area contributed by atoms with E-state index in [9.17, 15) is 9.90 Å². The van der Waals surface area contributed by atoms with Gasteiger partial charge in [0.05, 0.1) is 17.3 Å². The van der Waals surface area contributed by atoms with E-state index in [1.54, 1.807) is 19.2 Å². The molecule has 0 aliphatic carbocycles. The average molecular weight is 327 g/mol. The molecule has 2 aromatic rings. The minimum absolute atomic E-state index is 0.0434. The molecular weight excluding hydrogens is 316 g/mol. The van der Waals surface area contributed by atoms with E-state index in [0.29, 0.717) is 15.7 Å². The first-order valence-electron chi connectivity index (χ1n) is 5.29. The molecule has 0 aliphatic rings. The number of hydrogen-bond donors (Lipinski definition) is 2. The number of aromatic carboxylic acids is 1. The van der Waals surface area contributed by atoms with E-state index >= 15 is 0 Å². The first kappa shape index (κ1) is 13.4. The lowest BCUT2D eigenvalue weighted by atomic mass is 10.1. The molecule has 1 aromatic carbocycles. The Bertz CT molecular complexity index is 651. The number of aromatic hydroxyl groups is 1. The molecule has 0 bridgehead atoms. The van der Waals surface area contributed by atoms with Crippen LogP contribution in [0.1, 0.15) is 10.5 Å². The van der Waals surface area contributed by atoms with Gasteiger partial charge < -0.3 is 14.9 Å². The number of benzene rings is 1. The molecule has 0 radical (unpaired) electrons. The first-order valence-corrected chi connectivity index (χ1v) is 6.08. The van der Waals surface area contributed by atoms with Crippen molar-refractivity contribution >= 4 is 21.9 Å². The molecular formula is C12H11BrN2O4. The number of carboxylic acid groups (broad SMARTS) is 1. The number of nitrogens with zero attached hydrogens (tertiary/aromatic N) is 2. The van der Waals surface area contributed by atoms with Crippen molar-refractivity contribution in [2.24, 2.45) is 7.05 Å². The second-order valence-corrected chi connectivity index (χ2v) is 4.67. The van der Waals surface area contributed by atoms with Crippen molar-refractivity contribution in [1.82, 2.24) is 9.78 Å². The molecule has 0 aliphatic heterocycles. The van der Waals surface area contributed by atoms with Gasteiger partial charge in [-0.25, -0.2) is 4.79 Å². The zero-order valence-corrected chi connectivity index (χ0v) is 11.8. The van der Waals surface area contributed by atoms with E-state index in [-0.39, 0.29) is 17.2 Å². The lowest BCUT2D eigenvalue weighted by molar-refractivity contribution is 0.0689. The summed E-state index contributed by atoms with van der Waals surface area (Å²) >= 11 is 3.19. The number of rotatable bonds is 3. The van der Waals surface area contributed by atoms with E-state index in [0.717, 1.165) is 0 Å². The van der Waals surface area contributed by atoms with Crippen molar-refractivity contribution in [1.29, 1.82) is 0 Å². The number of halogens is 1. The van der Waals surface area contributed by atoms with Gasteiger partial charge in [-0.05, 0) is 34.1 Å². The number of carboxylic acids is 1. The Morgan fingerprint density at radius 1 is 1.47 bits per heavy atom. The summed E-state index contributed by atoms with van der Waals surface area (Å²) in [6.45, 7) is 0. The zero-order chi connectivity index (χ0) is 14.2. The van der Waals surface area contributed by atoms with Crippen molar-refractivity contribution < 1.29 is 19.7 Å². The Hall–Kier alpha value is -2.02. The van der Waals surface area contributed by atoms with Gasteiger partial charge in [0.2, 0.25) is 0 Å². The number of ether oxygens (including phenoxy) is 1. The molecule has 2 N–H and O–H groups in total. The van der Waals surface area contributed by atoms with E-state index in [4.69, 9.17) is 9.84 Å². The molecule has 100 valence electrons. The van der Waals surface area contributed by atoms with Crippen LogP contribution in [0.25, 0.3) is 11.3 Å². The summed E-state index contributed by atoms with van der Waals surface area (Å²) in [6, 6.07) is 4.79. The lowest BCUT2D eigenvalue weighted by Gasteiger charge is -2.11. The van der Waals surface area contributed by atoms with Crippen LogP contribution in [0.2, 0.25) is 0 Å². The Morgan fingerprint density at radius 3 is 2.68 bits per heavy atom. The SMILES string of the molecule is COc1c(-c2cc(C(=O)O)nn2C)ccc(Br)c1O. The minimum Gasteiger partial charge on any atom is -0.503 e. The highest BCUT2D eigenvalue weighted by Gasteiger charge is 2.19. The fourth-order valence-electron chi connectivity index (χ4n) is 1.78. The molecule has 1 heterocycles. The second kappa shape index (κ2) is 4.93. The van der Waals surface area contributed by atoms with E-state index in [2.05, 4.69) is 21.0 Å². The Kier molecular flexibility index (Phi) is 3.48. The fourth-order valence-corrected chi connectivity index (χ4v) is 2.09. The van der Waals surface area contributed by atoms with Gasteiger partial charge >= 0.3 is 5.97 Å². The van der Waals surface area contributed by atoms with Crippen LogP contribution in [0.5, 0.6) is 11.5 Å². The van der Waals surface area contributed by atoms with Crippen LogP contribution in [-0.4, -0.2) is 33.1 Å². The standard InChI is InChI=1S/C12H11BrN2O4/c1-15-9(5-8(14-15)12(17)18)6-3-4-7(13)10(16)11(6)19-2/h3-5,16H,1-2H3,(H,17,18). The largest absolute Gasteiger partial charge is 0.503 e. The molecule has 19 heavy (non-hydrogen) atoms. The number of methoxy groups -OCH3 is 1. The molecule has 0 saturated heterocycles. The van der Waals surface area contributed by atoms with E-state index in [1.807, 2.05) is 0 Å². The Morgan fingerprint density at radius 2 is 2.16 bits per heavy atom. The maximum absolute atomic E-state index is 10.9. The van der Waals surface area contributed by atoms with Crippen LogP contribution in [0.15, 0.2) is 22.7 Å². The molecule has 0 amide bonds. The van der Waals surface area contributed by atoms with E-state index < -0.39 is 5.97 Å². The summed E-state index contributed by atoms with van der Waals surface area (Å²) in [6.07, 6.45) is 0. The fraction of sp³-hybridized carbons (Fsp3) is 0.167. The van der Waals surface area contributed by atoms with Crippen LogP contribution < -0.4 is 4.74 Å². The van der Waals surface area contributed by atoms with Crippen molar-refractivity contribution in [3.8, 4) is 22.8 Å². The van der Waals surface area contributed by atoms with Crippen molar-refractivity contribution in [2.45, 2.75) is 0 Å². The predicted molar refractivity (Wildman–Crippen MR) is 71.5 cm³/mol.